The molecule has 0 aliphatic carbocycles. The van der Waals surface area contributed by atoms with Crippen molar-refractivity contribution in [2.24, 2.45) is 0 Å². The van der Waals surface area contributed by atoms with E-state index in [4.69, 9.17) is 0 Å². The first-order chi connectivity index (χ1) is 13.0. The van der Waals surface area contributed by atoms with Crippen molar-refractivity contribution < 1.29 is 23.2 Å². The van der Waals surface area contributed by atoms with Crippen LogP contribution in [0.5, 0.6) is 0 Å². The van der Waals surface area contributed by atoms with Gasteiger partial charge in [-0.15, -0.1) is 0 Å². The van der Waals surface area contributed by atoms with Crippen LogP contribution in [-0.2, 0) is 4.79 Å². The Morgan fingerprint density at radius 1 is 1.15 bits per heavy atom. The summed E-state index contributed by atoms with van der Waals surface area (Å²) in [4.78, 5) is 38.8. The van der Waals surface area contributed by atoms with Crippen LogP contribution in [0.3, 0.4) is 0 Å². The van der Waals surface area contributed by atoms with Crippen molar-refractivity contribution in [3.63, 3.8) is 0 Å². The molecule has 1 fully saturated rings. The molecular weight excluding hydrogens is 356 g/mol. The Kier molecular flexibility index (Phi) is 4.10. The fraction of sp³-hybridized carbons (Fsp3) is 0.211. The molecule has 6 nitrogen and oxygen atoms in total. The molecule has 1 saturated heterocycles. The van der Waals surface area contributed by atoms with E-state index < -0.39 is 29.1 Å². The Labute approximate surface area is 153 Å². The SMILES string of the molecule is O=C(Nc1ccc2c(c1)C(=O)N1CCC[C@H]1C(=O)N2)c1c(F)cccc1F. The van der Waals surface area contributed by atoms with Crippen LogP contribution in [0.4, 0.5) is 20.2 Å². The third-order valence-electron chi connectivity index (χ3n) is 4.77. The van der Waals surface area contributed by atoms with Crippen LogP contribution in [0, 0.1) is 11.6 Å². The third kappa shape index (κ3) is 2.92. The summed E-state index contributed by atoms with van der Waals surface area (Å²) in [5, 5.41) is 5.12. The van der Waals surface area contributed by atoms with Crippen molar-refractivity contribution in [1.82, 2.24) is 4.90 Å². The van der Waals surface area contributed by atoms with Gasteiger partial charge in [0.1, 0.15) is 23.2 Å². The van der Waals surface area contributed by atoms with Gasteiger partial charge in [-0.2, -0.15) is 0 Å². The molecule has 2 heterocycles. The molecule has 4 rings (SSSR count). The van der Waals surface area contributed by atoms with Crippen LogP contribution in [0.2, 0.25) is 0 Å². The number of hydrogen-bond acceptors (Lipinski definition) is 3. The van der Waals surface area contributed by atoms with Gasteiger partial charge < -0.3 is 15.5 Å². The summed E-state index contributed by atoms with van der Waals surface area (Å²) in [6.07, 6.45) is 1.34. The zero-order chi connectivity index (χ0) is 19.1. The van der Waals surface area contributed by atoms with Gasteiger partial charge in [0.25, 0.3) is 11.8 Å². The van der Waals surface area contributed by atoms with Gasteiger partial charge >= 0.3 is 0 Å². The van der Waals surface area contributed by atoms with Gasteiger partial charge in [-0.25, -0.2) is 8.78 Å². The molecule has 138 valence electrons. The van der Waals surface area contributed by atoms with E-state index in [2.05, 4.69) is 10.6 Å². The Balaban J connectivity index is 1.65. The average Bonchev–Trinajstić information content (AvgIpc) is 3.09. The lowest BCUT2D eigenvalue weighted by molar-refractivity contribution is -0.119. The van der Waals surface area contributed by atoms with Gasteiger partial charge in [0, 0.05) is 12.2 Å². The Morgan fingerprint density at radius 3 is 2.63 bits per heavy atom. The van der Waals surface area contributed by atoms with Crippen LogP contribution >= 0.6 is 0 Å². The van der Waals surface area contributed by atoms with Crippen LogP contribution in [-0.4, -0.2) is 35.2 Å². The van der Waals surface area contributed by atoms with Crippen molar-refractivity contribution in [2.45, 2.75) is 18.9 Å². The Hall–Kier alpha value is -3.29. The van der Waals surface area contributed by atoms with E-state index in [1.807, 2.05) is 0 Å². The molecule has 0 unspecified atom stereocenters. The van der Waals surface area contributed by atoms with E-state index in [0.717, 1.165) is 24.6 Å². The van der Waals surface area contributed by atoms with Crippen LogP contribution in [0.25, 0.3) is 0 Å². The van der Waals surface area contributed by atoms with Crippen LogP contribution < -0.4 is 10.6 Å². The molecule has 0 aromatic heterocycles. The minimum absolute atomic E-state index is 0.196. The first-order valence-electron chi connectivity index (χ1n) is 8.47. The summed E-state index contributed by atoms with van der Waals surface area (Å²) in [6, 6.07) is 6.98. The molecule has 8 heteroatoms. The van der Waals surface area contributed by atoms with Gasteiger partial charge in [0.2, 0.25) is 5.91 Å². The molecule has 0 saturated carbocycles. The third-order valence-corrected chi connectivity index (χ3v) is 4.77. The number of rotatable bonds is 2. The largest absolute Gasteiger partial charge is 0.327 e. The van der Waals surface area contributed by atoms with Crippen molar-refractivity contribution >= 4 is 29.1 Å². The maximum atomic E-state index is 13.8. The summed E-state index contributed by atoms with van der Waals surface area (Å²) in [6.45, 7) is 0.480. The van der Waals surface area contributed by atoms with Gasteiger partial charge in [0.15, 0.2) is 0 Å². The van der Waals surface area contributed by atoms with Crippen molar-refractivity contribution in [3.8, 4) is 0 Å². The predicted octanol–water partition coefficient (Wildman–Crippen LogP) is 2.77. The quantitative estimate of drug-likeness (QED) is 0.852. The Bertz CT molecular complexity index is 956. The number of nitrogens with one attached hydrogen (secondary N) is 2. The maximum absolute atomic E-state index is 13.8. The Morgan fingerprint density at radius 2 is 1.89 bits per heavy atom. The summed E-state index contributed by atoms with van der Waals surface area (Å²) in [7, 11) is 0. The number of carbonyl (C=O) groups is 3. The molecule has 2 aliphatic heterocycles. The second-order valence-electron chi connectivity index (χ2n) is 6.46. The fourth-order valence-corrected chi connectivity index (χ4v) is 3.47. The van der Waals surface area contributed by atoms with E-state index in [-0.39, 0.29) is 23.1 Å². The topological polar surface area (TPSA) is 78.5 Å². The highest BCUT2D eigenvalue weighted by Crippen LogP contribution is 2.30. The van der Waals surface area contributed by atoms with Crippen molar-refractivity contribution in [2.75, 3.05) is 17.2 Å². The number of anilines is 2. The highest BCUT2D eigenvalue weighted by atomic mass is 19.1. The molecule has 27 heavy (non-hydrogen) atoms. The number of halogens is 2. The van der Waals surface area contributed by atoms with Gasteiger partial charge in [-0.3, -0.25) is 14.4 Å². The van der Waals surface area contributed by atoms with Crippen molar-refractivity contribution in [1.29, 1.82) is 0 Å². The van der Waals surface area contributed by atoms with E-state index in [1.54, 1.807) is 0 Å². The maximum Gasteiger partial charge on any atom is 0.261 e. The van der Waals surface area contributed by atoms with E-state index >= 15 is 0 Å². The number of benzene rings is 2. The zero-order valence-corrected chi connectivity index (χ0v) is 14.1. The molecular formula is C19H15F2N3O3. The number of carbonyl (C=O) groups excluding carboxylic acids is 3. The first kappa shape index (κ1) is 17.1. The molecule has 3 amide bonds. The minimum atomic E-state index is -0.981. The predicted molar refractivity (Wildman–Crippen MR) is 93.4 cm³/mol. The summed E-state index contributed by atoms with van der Waals surface area (Å²) >= 11 is 0. The molecule has 0 spiro atoms. The summed E-state index contributed by atoms with van der Waals surface area (Å²) in [5.41, 5.74) is 0.0577. The lowest BCUT2D eigenvalue weighted by Gasteiger charge is -2.20. The zero-order valence-electron chi connectivity index (χ0n) is 14.1. The second-order valence-corrected chi connectivity index (χ2v) is 6.46. The lowest BCUT2D eigenvalue weighted by Crippen LogP contribution is -2.40. The minimum Gasteiger partial charge on any atom is -0.327 e. The number of amides is 3. The average molecular weight is 371 g/mol. The van der Waals surface area contributed by atoms with E-state index in [9.17, 15) is 23.2 Å². The highest BCUT2D eigenvalue weighted by molar-refractivity contribution is 6.11. The smallest absolute Gasteiger partial charge is 0.261 e. The monoisotopic (exact) mass is 371 g/mol. The molecule has 2 N–H and O–H groups in total. The number of fused-ring (bicyclic) bond motifs is 2. The fourth-order valence-electron chi connectivity index (χ4n) is 3.47. The lowest BCUT2D eigenvalue weighted by atomic mass is 10.1. The molecule has 1 atom stereocenters. The number of hydrogen-bond donors (Lipinski definition) is 2. The van der Waals surface area contributed by atoms with Crippen molar-refractivity contribution in [3.05, 3.63) is 59.2 Å². The van der Waals surface area contributed by atoms with E-state index in [0.29, 0.717) is 18.7 Å². The first-order valence-corrected chi connectivity index (χ1v) is 8.47. The van der Waals surface area contributed by atoms with Gasteiger partial charge in [-0.05, 0) is 43.2 Å². The van der Waals surface area contributed by atoms with Gasteiger partial charge in [0.05, 0.1) is 11.3 Å². The summed E-state index contributed by atoms with van der Waals surface area (Å²) < 4.78 is 27.5. The molecule has 2 aromatic rings. The van der Waals surface area contributed by atoms with E-state index in [1.165, 1.54) is 23.1 Å². The normalized spacial score (nSPS) is 18.4. The molecule has 0 bridgehead atoms. The molecule has 2 aliphatic rings. The second kappa shape index (κ2) is 6.46. The highest BCUT2D eigenvalue weighted by Gasteiger charge is 2.38. The standard InChI is InChI=1S/C19H15F2N3O3/c20-12-3-1-4-13(21)16(12)18(26)22-10-6-7-14-11(9-10)19(27)24-8-2-5-15(24)17(25)23-14/h1,3-4,6-7,9,15H,2,5,8H2,(H,22,26)(H,23,25)/t15-/m0/s1. The molecule has 0 radical (unpaired) electrons. The van der Waals surface area contributed by atoms with Crippen LogP contribution in [0.1, 0.15) is 33.6 Å². The molecule has 2 aromatic carbocycles. The van der Waals surface area contributed by atoms with Crippen LogP contribution in [0.15, 0.2) is 36.4 Å². The van der Waals surface area contributed by atoms with Gasteiger partial charge in [-0.1, -0.05) is 6.07 Å². The number of nitrogens with zero attached hydrogens (tertiary/aromatic N) is 1. The summed E-state index contributed by atoms with van der Waals surface area (Å²) in [5.74, 6) is -3.49.